The highest BCUT2D eigenvalue weighted by Crippen LogP contribution is 2.22. The molecule has 0 atom stereocenters. The molecule has 1 heterocycles. The van der Waals surface area contributed by atoms with Crippen molar-refractivity contribution in [3.05, 3.63) is 41.6 Å². The lowest BCUT2D eigenvalue weighted by Gasteiger charge is -2.11. The number of anilines is 2. The van der Waals surface area contributed by atoms with Gasteiger partial charge in [-0.3, -0.25) is 0 Å². The van der Waals surface area contributed by atoms with Crippen LogP contribution < -0.4 is 5.32 Å². The number of hydrogen-bond acceptors (Lipinski definition) is 6. The van der Waals surface area contributed by atoms with Crippen molar-refractivity contribution < 1.29 is 9.53 Å². The third kappa shape index (κ3) is 3.95. The average Bonchev–Trinajstić information content (AvgIpc) is 2.47. The van der Waals surface area contributed by atoms with Crippen LogP contribution in [0, 0.1) is 6.92 Å². The summed E-state index contributed by atoms with van der Waals surface area (Å²) in [5, 5.41) is 3.76. The first-order valence-electron chi connectivity index (χ1n) is 6.56. The van der Waals surface area contributed by atoms with E-state index in [2.05, 4.69) is 15.3 Å². The van der Waals surface area contributed by atoms with Crippen molar-refractivity contribution in [3.8, 4) is 0 Å². The van der Waals surface area contributed by atoms with Crippen molar-refractivity contribution in [2.45, 2.75) is 19.0 Å². The van der Waals surface area contributed by atoms with Crippen molar-refractivity contribution in [1.29, 1.82) is 0 Å². The van der Waals surface area contributed by atoms with Gasteiger partial charge in [0.05, 0.1) is 6.61 Å². The summed E-state index contributed by atoms with van der Waals surface area (Å²) in [6.45, 7) is 4.08. The zero-order valence-electron chi connectivity index (χ0n) is 12.2. The van der Waals surface area contributed by atoms with Crippen LogP contribution >= 0.6 is 11.8 Å². The summed E-state index contributed by atoms with van der Waals surface area (Å²) in [5.74, 6) is 0.0266. The summed E-state index contributed by atoms with van der Waals surface area (Å²) in [4.78, 5) is 20.5. The molecule has 0 aliphatic heterocycles. The molecule has 0 unspecified atom stereocenters. The molecule has 0 saturated heterocycles. The van der Waals surface area contributed by atoms with E-state index >= 15 is 0 Å². The number of aromatic nitrogens is 2. The molecule has 2 rings (SSSR count). The second kappa shape index (κ2) is 7.08. The fraction of sp³-hybridized carbons (Fsp3) is 0.267. The molecule has 0 bridgehead atoms. The Labute approximate surface area is 128 Å². The molecule has 0 aliphatic carbocycles. The van der Waals surface area contributed by atoms with Gasteiger partial charge >= 0.3 is 5.97 Å². The van der Waals surface area contributed by atoms with E-state index in [0.29, 0.717) is 23.1 Å². The normalized spacial score (nSPS) is 10.2. The molecule has 0 radical (unpaired) electrons. The first-order chi connectivity index (χ1) is 10.1. The third-order valence-corrected chi connectivity index (χ3v) is 3.29. The molecule has 0 saturated carbocycles. The summed E-state index contributed by atoms with van der Waals surface area (Å²) >= 11 is 1.42. The van der Waals surface area contributed by atoms with E-state index in [4.69, 9.17) is 4.74 Å². The lowest BCUT2D eigenvalue weighted by molar-refractivity contribution is 0.0526. The van der Waals surface area contributed by atoms with Crippen LogP contribution in [-0.2, 0) is 4.74 Å². The van der Waals surface area contributed by atoms with Gasteiger partial charge in [-0.15, -0.1) is 0 Å². The first-order valence-corrected chi connectivity index (χ1v) is 7.78. The molecule has 110 valence electrons. The maximum absolute atomic E-state index is 12.0. The summed E-state index contributed by atoms with van der Waals surface area (Å²) in [5.41, 5.74) is 2.32. The number of ether oxygens (including phenoxy) is 1. The molecule has 1 N–H and O–H groups in total. The van der Waals surface area contributed by atoms with E-state index in [1.54, 1.807) is 6.92 Å². The molecular formula is C15H17N3O2S. The number of carbonyl (C=O) groups excluding carboxylic acids is 1. The second-order valence-electron chi connectivity index (χ2n) is 4.33. The Bertz CT molecular complexity index is 647. The van der Waals surface area contributed by atoms with Crippen LogP contribution in [0.4, 0.5) is 11.5 Å². The van der Waals surface area contributed by atoms with Crippen molar-refractivity contribution >= 4 is 29.2 Å². The van der Waals surface area contributed by atoms with Gasteiger partial charge in [-0.05, 0) is 37.8 Å². The molecule has 0 amide bonds. The Hall–Kier alpha value is -2.08. The summed E-state index contributed by atoms with van der Waals surface area (Å²) in [7, 11) is 0. The number of nitrogens with one attached hydrogen (secondary N) is 1. The lowest BCUT2D eigenvalue weighted by Crippen LogP contribution is -2.10. The molecule has 0 spiro atoms. The topological polar surface area (TPSA) is 64.1 Å². The van der Waals surface area contributed by atoms with E-state index in [1.807, 2.05) is 37.4 Å². The standard InChI is InChI=1S/C15H17N3O2S/c1-4-20-14(19)12-9-16-15(21-3)18-13(12)17-11-7-5-6-10(2)8-11/h5-9H,4H2,1-3H3,(H,16,17,18). The maximum Gasteiger partial charge on any atom is 0.343 e. The van der Waals surface area contributed by atoms with Gasteiger partial charge in [-0.25, -0.2) is 14.8 Å². The zero-order valence-corrected chi connectivity index (χ0v) is 13.0. The Kier molecular flexibility index (Phi) is 5.16. The van der Waals surface area contributed by atoms with Crippen molar-refractivity contribution in [3.63, 3.8) is 0 Å². The Morgan fingerprint density at radius 1 is 1.43 bits per heavy atom. The highest BCUT2D eigenvalue weighted by molar-refractivity contribution is 7.98. The van der Waals surface area contributed by atoms with Gasteiger partial charge < -0.3 is 10.1 Å². The lowest BCUT2D eigenvalue weighted by atomic mass is 10.2. The van der Waals surface area contributed by atoms with E-state index in [1.165, 1.54) is 18.0 Å². The van der Waals surface area contributed by atoms with E-state index in [-0.39, 0.29) is 0 Å². The number of rotatable bonds is 5. The summed E-state index contributed by atoms with van der Waals surface area (Å²) in [6, 6.07) is 7.85. The highest BCUT2D eigenvalue weighted by atomic mass is 32.2. The van der Waals surface area contributed by atoms with E-state index < -0.39 is 5.97 Å². The fourth-order valence-corrected chi connectivity index (χ4v) is 2.12. The van der Waals surface area contributed by atoms with E-state index in [9.17, 15) is 4.79 Å². The molecule has 1 aromatic carbocycles. The van der Waals surface area contributed by atoms with Crippen molar-refractivity contribution in [2.24, 2.45) is 0 Å². The molecule has 6 heteroatoms. The van der Waals surface area contributed by atoms with Crippen LogP contribution in [0.3, 0.4) is 0 Å². The molecule has 1 aromatic heterocycles. The van der Waals surface area contributed by atoms with Gasteiger partial charge in [0.15, 0.2) is 5.16 Å². The highest BCUT2D eigenvalue weighted by Gasteiger charge is 2.16. The Balaban J connectivity index is 2.37. The average molecular weight is 303 g/mol. The van der Waals surface area contributed by atoms with Gasteiger partial charge in [0, 0.05) is 11.9 Å². The minimum Gasteiger partial charge on any atom is -0.462 e. The van der Waals surface area contributed by atoms with Crippen LogP contribution in [0.25, 0.3) is 0 Å². The number of thioether (sulfide) groups is 1. The maximum atomic E-state index is 12.0. The van der Waals surface area contributed by atoms with Gasteiger partial charge in [0.25, 0.3) is 0 Å². The predicted molar refractivity (Wildman–Crippen MR) is 84.2 cm³/mol. The number of carbonyl (C=O) groups is 1. The number of hydrogen-bond donors (Lipinski definition) is 1. The summed E-state index contributed by atoms with van der Waals surface area (Å²) in [6.07, 6.45) is 3.38. The van der Waals surface area contributed by atoms with Crippen molar-refractivity contribution in [2.75, 3.05) is 18.2 Å². The van der Waals surface area contributed by atoms with Crippen LogP contribution in [0.15, 0.2) is 35.6 Å². The van der Waals surface area contributed by atoms with Gasteiger partial charge in [0.2, 0.25) is 0 Å². The molecular weight excluding hydrogens is 286 g/mol. The SMILES string of the molecule is CCOC(=O)c1cnc(SC)nc1Nc1cccc(C)c1. The monoisotopic (exact) mass is 303 g/mol. The number of esters is 1. The Morgan fingerprint density at radius 2 is 2.24 bits per heavy atom. The number of benzene rings is 1. The zero-order chi connectivity index (χ0) is 15.2. The van der Waals surface area contributed by atoms with Gasteiger partial charge in [0.1, 0.15) is 11.4 Å². The second-order valence-corrected chi connectivity index (χ2v) is 5.11. The molecule has 0 fully saturated rings. The van der Waals surface area contributed by atoms with Crippen LogP contribution in [0.2, 0.25) is 0 Å². The fourth-order valence-electron chi connectivity index (χ4n) is 1.78. The van der Waals surface area contributed by atoms with Crippen LogP contribution in [-0.4, -0.2) is 28.8 Å². The summed E-state index contributed by atoms with van der Waals surface area (Å²) < 4.78 is 5.04. The largest absolute Gasteiger partial charge is 0.462 e. The number of nitrogens with zero attached hydrogens (tertiary/aromatic N) is 2. The van der Waals surface area contributed by atoms with Gasteiger partial charge in [-0.1, -0.05) is 23.9 Å². The van der Waals surface area contributed by atoms with E-state index in [0.717, 1.165) is 11.3 Å². The molecule has 21 heavy (non-hydrogen) atoms. The predicted octanol–water partition coefficient (Wildman–Crippen LogP) is 3.43. The quantitative estimate of drug-likeness (QED) is 0.518. The minimum atomic E-state index is -0.430. The smallest absolute Gasteiger partial charge is 0.343 e. The Morgan fingerprint density at radius 3 is 2.90 bits per heavy atom. The molecule has 0 aliphatic rings. The van der Waals surface area contributed by atoms with Gasteiger partial charge in [-0.2, -0.15) is 0 Å². The molecule has 5 nitrogen and oxygen atoms in total. The molecule has 2 aromatic rings. The third-order valence-electron chi connectivity index (χ3n) is 2.73. The minimum absolute atomic E-state index is 0.312. The van der Waals surface area contributed by atoms with Crippen LogP contribution in [0.5, 0.6) is 0 Å². The van der Waals surface area contributed by atoms with Crippen molar-refractivity contribution in [1.82, 2.24) is 9.97 Å². The first kappa shape index (κ1) is 15.3. The van der Waals surface area contributed by atoms with Crippen LogP contribution in [0.1, 0.15) is 22.8 Å². The number of aryl methyl sites for hydroxylation is 1.